The molecule has 0 aromatic heterocycles. The summed E-state index contributed by atoms with van der Waals surface area (Å²) in [6.07, 6.45) is 0. The molecule has 110 valence electrons. The smallest absolute Gasteiger partial charge is 0.373 e. The SMILES string of the molecule is Cc1c([N+](=O)[O-])c2c(c([N+](=O)[O-])c1[N+](=O)[O-])NC(=O)CO2. The van der Waals surface area contributed by atoms with Gasteiger partial charge in [0.2, 0.25) is 5.75 Å². The average molecular weight is 298 g/mol. The average Bonchev–Trinajstić information content (AvgIpc) is 2.36. The Morgan fingerprint density at radius 1 is 1.00 bits per heavy atom. The molecule has 12 heteroatoms. The minimum Gasteiger partial charge on any atom is -0.475 e. The van der Waals surface area contributed by atoms with Gasteiger partial charge in [-0.2, -0.15) is 0 Å². The van der Waals surface area contributed by atoms with E-state index in [2.05, 4.69) is 0 Å². The molecule has 12 nitrogen and oxygen atoms in total. The highest BCUT2D eigenvalue weighted by Crippen LogP contribution is 2.51. The van der Waals surface area contributed by atoms with Crippen molar-refractivity contribution in [1.82, 2.24) is 0 Å². The van der Waals surface area contributed by atoms with Gasteiger partial charge in [0.25, 0.3) is 5.91 Å². The van der Waals surface area contributed by atoms with Crippen LogP contribution in [-0.4, -0.2) is 27.3 Å². The molecule has 1 aliphatic heterocycles. The lowest BCUT2D eigenvalue weighted by Gasteiger charge is -2.18. The van der Waals surface area contributed by atoms with Gasteiger partial charge in [0.15, 0.2) is 12.3 Å². The van der Waals surface area contributed by atoms with Crippen molar-refractivity contribution >= 4 is 28.7 Å². The van der Waals surface area contributed by atoms with Crippen LogP contribution in [0.3, 0.4) is 0 Å². The van der Waals surface area contributed by atoms with Gasteiger partial charge in [-0.1, -0.05) is 0 Å². The molecule has 1 aromatic carbocycles. The van der Waals surface area contributed by atoms with E-state index in [4.69, 9.17) is 4.74 Å². The van der Waals surface area contributed by atoms with Gasteiger partial charge in [0.1, 0.15) is 5.56 Å². The number of nitro benzene ring substituents is 3. The maximum atomic E-state index is 11.2. The molecule has 0 unspecified atom stereocenters. The molecular weight excluding hydrogens is 292 g/mol. The summed E-state index contributed by atoms with van der Waals surface area (Å²) < 4.78 is 4.85. The number of benzene rings is 1. The Labute approximate surface area is 114 Å². The summed E-state index contributed by atoms with van der Waals surface area (Å²) in [4.78, 5) is 41.2. The van der Waals surface area contributed by atoms with E-state index >= 15 is 0 Å². The molecular formula is C9H6N4O8. The zero-order valence-electron chi connectivity index (χ0n) is 10.3. The van der Waals surface area contributed by atoms with E-state index in [1.54, 1.807) is 0 Å². The topological polar surface area (TPSA) is 168 Å². The van der Waals surface area contributed by atoms with Crippen LogP contribution in [0.5, 0.6) is 5.75 Å². The lowest BCUT2D eigenvalue weighted by molar-refractivity contribution is -0.424. The number of nitro groups is 3. The Balaban J connectivity index is 2.97. The summed E-state index contributed by atoms with van der Waals surface area (Å²) in [5.74, 6) is -1.37. The molecule has 0 bridgehead atoms. The van der Waals surface area contributed by atoms with Crippen molar-refractivity contribution < 1.29 is 24.3 Å². The van der Waals surface area contributed by atoms with E-state index in [1.165, 1.54) is 0 Å². The summed E-state index contributed by atoms with van der Waals surface area (Å²) in [5, 5.41) is 35.1. The molecule has 1 aromatic rings. The third kappa shape index (κ3) is 2.07. The summed E-state index contributed by atoms with van der Waals surface area (Å²) in [7, 11) is 0. The normalized spacial score (nSPS) is 12.9. The number of hydrogen-bond donors (Lipinski definition) is 1. The van der Waals surface area contributed by atoms with E-state index < -0.39 is 61.3 Å². The molecule has 1 N–H and O–H groups in total. The van der Waals surface area contributed by atoms with Gasteiger partial charge in [0.05, 0.1) is 14.8 Å². The van der Waals surface area contributed by atoms with Crippen molar-refractivity contribution in [2.75, 3.05) is 11.9 Å². The van der Waals surface area contributed by atoms with Crippen molar-refractivity contribution in [3.63, 3.8) is 0 Å². The van der Waals surface area contributed by atoms with Crippen molar-refractivity contribution in [2.45, 2.75) is 6.92 Å². The van der Waals surface area contributed by atoms with Gasteiger partial charge in [-0.05, 0) is 6.92 Å². The molecule has 21 heavy (non-hydrogen) atoms. The maximum absolute atomic E-state index is 11.2. The van der Waals surface area contributed by atoms with Gasteiger partial charge >= 0.3 is 17.1 Å². The van der Waals surface area contributed by atoms with Crippen LogP contribution in [0.4, 0.5) is 22.7 Å². The Hall–Kier alpha value is -3.31. The fourth-order valence-corrected chi connectivity index (χ4v) is 2.00. The standard InChI is InChI=1S/C9H6N4O8/c1-3-6(11(15)16)8(13(19)20)5-9(7(3)12(17)18)21-2-4(14)10-5/h2H2,1H3,(H,10,14). The zero-order valence-corrected chi connectivity index (χ0v) is 10.3. The molecule has 2 rings (SSSR count). The molecule has 0 spiro atoms. The first kappa shape index (κ1) is 14.1. The summed E-state index contributed by atoms with van der Waals surface area (Å²) in [6.45, 7) is 0.422. The van der Waals surface area contributed by atoms with Crippen LogP contribution in [-0.2, 0) is 4.79 Å². The van der Waals surface area contributed by atoms with Crippen LogP contribution >= 0.6 is 0 Å². The summed E-state index contributed by atoms with van der Waals surface area (Å²) >= 11 is 0. The number of ether oxygens (including phenoxy) is 1. The van der Waals surface area contributed by atoms with Gasteiger partial charge in [-0.3, -0.25) is 35.1 Å². The van der Waals surface area contributed by atoms with Gasteiger partial charge < -0.3 is 10.1 Å². The molecule has 0 saturated carbocycles. The van der Waals surface area contributed by atoms with Crippen LogP contribution < -0.4 is 10.1 Å². The van der Waals surface area contributed by atoms with E-state index in [-0.39, 0.29) is 0 Å². The molecule has 0 aliphatic carbocycles. The molecule has 1 aliphatic rings. The second-order valence-corrected chi connectivity index (χ2v) is 3.98. The zero-order chi connectivity index (χ0) is 15.9. The maximum Gasteiger partial charge on any atom is 0.373 e. The number of nitrogens with one attached hydrogen (secondary N) is 1. The largest absolute Gasteiger partial charge is 0.475 e. The number of fused-ring (bicyclic) bond motifs is 1. The molecule has 0 radical (unpaired) electrons. The fourth-order valence-electron chi connectivity index (χ4n) is 2.00. The minimum absolute atomic E-state index is 0.522. The quantitative estimate of drug-likeness (QED) is 0.637. The van der Waals surface area contributed by atoms with E-state index in [0.29, 0.717) is 0 Å². The monoisotopic (exact) mass is 298 g/mol. The first-order valence-electron chi connectivity index (χ1n) is 5.32. The second kappa shape index (κ2) is 4.66. The van der Waals surface area contributed by atoms with Crippen molar-refractivity contribution in [3.05, 3.63) is 35.9 Å². The highest BCUT2D eigenvalue weighted by atomic mass is 16.6. The minimum atomic E-state index is -1.11. The van der Waals surface area contributed by atoms with E-state index in [9.17, 15) is 35.1 Å². The Morgan fingerprint density at radius 2 is 1.52 bits per heavy atom. The van der Waals surface area contributed by atoms with E-state index in [0.717, 1.165) is 6.92 Å². The number of amides is 1. The third-order valence-corrected chi connectivity index (χ3v) is 2.77. The predicted octanol–water partition coefficient (Wildman–Crippen LogP) is 1.05. The highest BCUT2D eigenvalue weighted by molar-refractivity contribution is 6.02. The number of carbonyl (C=O) groups excluding carboxylic acids is 1. The number of carbonyl (C=O) groups is 1. The van der Waals surface area contributed by atoms with Gasteiger partial charge in [-0.15, -0.1) is 0 Å². The number of hydrogen-bond acceptors (Lipinski definition) is 8. The molecule has 0 saturated heterocycles. The lowest BCUT2D eigenvalue weighted by Crippen LogP contribution is -2.27. The number of anilines is 1. The van der Waals surface area contributed by atoms with Crippen LogP contribution in [0, 0.1) is 37.3 Å². The van der Waals surface area contributed by atoms with Crippen LogP contribution in [0.15, 0.2) is 0 Å². The van der Waals surface area contributed by atoms with E-state index in [1.807, 2.05) is 5.32 Å². The van der Waals surface area contributed by atoms with Crippen molar-refractivity contribution in [2.24, 2.45) is 0 Å². The number of nitrogens with zero attached hydrogens (tertiary/aromatic N) is 3. The molecule has 0 atom stereocenters. The predicted molar refractivity (Wildman–Crippen MR) is 65.3 cm³/mol. The summed E-state index contributed by atoms with van der Waals surface area (Å²) in [6, 6.07) is 0. The van der Waals surface area contributed by atoms with Gasteiger partial charge in [-0.25, -0.2) is 0 Å². The fraction of sp³-hybridized carbons (Fsp3) is 0.222. The lowest BCUT2D eigenvalue weighted by atomic mass is 10.1. The van der Waals surface area contributed by atoms with Crippen LogP contribution in [0.2, 0.25) is 0 Å². The molecule has 1 heterocycles. The van der Waals surface area contributed by atoms with Crippen molar-refractivity contribution in [3.8, 4) is 5.75 Å². The first-order chi connectivity index (χ1) is 9.75. The van der Waals surface area contributed by atoms with Crippen molar-refractivity contribution in [1.29, 1.82) is 0 Å². The summed E-state index contributed by atoms with van der Waals surface area (Å²) in [5.41, 5.74) is -4.10. The first-order valence-corrected chi connectivity index (χ1v) is 5.32. The molecule has 1 amide bonds. The van der Waals surface area contributed by atoms with Gasteiger partial charge in [0, 0.05) is 0 Å². The second-order valence-electron chi connectivity index (χ2n) is 3.98. The van der Waals surface area contributed by atoms with Crippen LogP contribution in [0.25, 0.3) is 0 Å². The Kier molecular flexibility index (Phi) is 3.13. The Morgan fingerprint density at radius 3 is 2.00 bits per heavy atom. The number of rotatable bonds is 3. The van der Waals surface area contributed by atoms with Crippen LogP contribution in [0.1, 0.15) is 5.56 Å². The third-order valence-electron chi connectivity index (χ3n) is 2.77. The Bertz CT molecular complexity index is 712. The highest BCUT2D eigenvalue weighted by Gasteiger charge is 2.44. The molecule has 0 fully saturated rings.